The van der Waals surface area contributed by atoms with Gasteiger partial charge in [0.2, 0.25) is 0 Å². The van der Waals surface area contributed by atoms with Crippen LogP contribution in [-0.4, -0.2) is 0 Å². The maximum absolute atomic E-state index is 2.72. The SMILES string of the molecule is CC1(C23C4=C2CC3CC4)CCCCCCCCCCCCCCCCC1. The Labute approximate surface area is 163 Å². The molecular formula is C26H44. The Morgan fingerprint density at radius 1 is 0.577 bits per heavy atom. The maximum atomic E-state index is 2.72. The Kier molecular flexibility index (Phi) is 6.16. The molecule has 0 amide bonds. The lowest BCUT2D eigenvalue weighted by atomic mass is 9.54. The van der Waals surface area contributed by atoms with Gasteiger partial charge in [-0.25, -0.2) is 0 Å². The van der Waals surface area contributed by atoms with Gasteiger partial charge in [0.1, 0.15) is 0 Å². The summed E-state index contributed by atoms with van der Waals surface area (Å²) in [7, 11) is 0. The van der Waals surface area contributed by atoms with E-state index in [1.807, 2.05) is 11.1 Å². The largest absolute Gasteiger partial charge is 0.0590 e. The zero-order chi connectivity index (χ0) is 17.9. The van der Waals surface area contributed by atoms with E-state index in [0.717, 1.165) is 5.92 Å². The van der Waals surface area contributed by atoms with Crippen LogP contribution in [0.3, 0.4) is 0 Å². The van der Waals surface area contributed by atoms with Crippen molar-refractivity contribution in [3.8, 4) is 0 Å². The summed E-state index contributed by atoms with van der Waals surface area (Å²) >= 11 is 0. The summed E-state index contributed by atoms with van der Waals surface area (Å²) in [5.74, 6) is 1.08. The average Bonchev–Trinajstić information content (AvgIpc) is 3.02. The second-order valence-electron chi connectivity index (χ2n) is 10.6. The van der Waals surface area contributed by atoms with Gasteiger partial charge in [0.25, 0.3) is 0 Å². The molecule has 0 saturated heterocycles. The van der Waals surface area contributed by atoms with Crippen LogP contribution in [0.5, 0.6) is 0 Å². The molecule has 3 saturated carbocycles. The van der Waals surface area contributed by atoms with Gasteiger partial charge in [0.15, 0.2) is 0 Å². The third-order valence-electron chi connectivity index (χ3n) is 8.97. The van der Waals surface area contributed by atoms with Crippen LogP contribution in [-0.2, 0) is 0 Å². The molecule has 0 spiro atoms. The van der Waals surface area contributed by atoms with Crippen molar-refractivity contribution < 1.29 is 0 Å². The van der Waals surface area contributed by atoms with Crippen LogP contribution in [0.2, 0.25) is 0 Å². The summed E-state index contributed by atoms with van der Waals surface area (Å²) in [4.78, 5) is 0. The van der Waals surface area contributed by atoms with Crippen molar-refractivity contribution >= 4 is 0 Å². The first kappa shape index (κ1) is 19.1. The Hall–Kier alpha value is -0.260. The summed E-state index contributed by atoms with van der Waals surface area (Å²) < 4.78 is 0. The van der Waals surface area contributed by atoms with Gasteiger partial charge >= 0.3 is 0 Å². The molecule has 26 heavy (non-hydrogen) atoms. The molecule has 0 aromatic heterocycles. The fraction of sp³-hybridized carbons (Fsp3) is 0.923. The number of hydrogen-bond donors (Lipinski definition) is 0. The van der Waals surface area contributed by atoms with Gasteiger partial charge in [-0.2, -0.15) is 0 Å². The highest BCUT2D eigenvalue weighted by Crippen LogP contribution is 2.84. The Bertz CT molecular complexity index is 480. The maximum Gasteiger partial charge on any atom is 0.0211 e. The van der Waals surface area contributed by atoms with Gasteiger partial charge in [-0.15, -0.1) is 0 Å². The smallest absolute Gasteiger partial charge is 0.0211 e. The van der Waals surface area contributed by atoms with Crippen molar-refractivity contribution in [3.05, 3.63) is 11.1 Å². The average molecular weight is 357 g/mol. The molecule has 0 aliphatic heterocycles. The Balaban J connectivity index is 1.31. The van der Waals surface area contributed by atoms with Crippen LogP contribution in [0.15, 0.2) is 11.1 Å². The molecule has 0 bridgehead atoms. The van der Waals surface area contributed by atoms with E-state index in [1.165, 1.54) is 128 Å². The molecular weight excluding hydrogens is 312 g/mol. The van der Waals surface area contributed by atoms with E-state index in [0.29, 0.717) is 10.8 Å². The third kappa shape index (κ3) is 3.44. The molecule has 0 aromatic carbocycles. The fourth-order valence-corrected chi connectivity index (χ4v) is 7.51. The first-order chi connectivity index (χ1) is 12.8. The van der Waals surface area contributed by atoms with Crippen LogP contribution in [0, 0.1) is 16.7 Å². The van der Waals surface area contributed by atoms with E-state index >= 15 is 0 Å². The third-order valence-corrected chi connectivity index (χ3v) is 8.97. The zero-order valence-electron chi connectivity index (χ0n) is 17.7. The molecule has 4 rings (SSSR count). The van der Waals surface area contributed by atoms with Gasteiger partial charge in [0.05, 0.1) is 0 Å². The zero-order valence-corrected chi connectivity index (χ0v) is 17.7. The molecule has 2 atom stereocenters. The lowest BCUT2D eigenvalue weighted by Gasteiger charge is -2.49. The molecule has 148 valence electrons. The molecule has 2 unspecified atom stereocenters. The fourth-order valence-electron chi connectivity index (χ4n) is 7.51. The quantitative estimate of drug-likeness (QED) is 0.412. The van der Waals surface area contributed by atoms with Gasteiger partial charge < -0.3 is 0 Å². The molecule has 4 aliphatic rings. The highest BCUT2D eigenvalue weighted by atomic mass is 14.8. The predicted molar refractivity (Wildman–Crippen MR) is 113 cm³/mol. The summed E-state index contributed by atoms with van der Waals surface area (Å²) in [6.07, 6.45) is 30.1. The Morgan fingerprint density at radius 3 is 1.31 bits per heavy atom. The minimum atomic E-state index is 0.641. The first-order valence-electron chi connectivity index (χ1n) is 12.5. The van der Waals surface area contributed by atoms with Crippen LogP contribution in [0.1, 0.15) is 135 Å². The number of hydrogen-bond acceptors (Lipinski definition) is 0. The molecule has 0 heterocycles. The van der Waals surface area contributed by atoms with Gasteiger partial charge in [-0.05, 0) is 43.4 Å². The van der Waals surface area contributed by atoms with E-state index in [9.17, 15) is 0 Å². The first-order valence-corrected chi connectivity index (χ1v) is 12.5. The van der Waals surface area contributed by atoms with Crippen molar-refractivity contribution in [1.82, 2.24) is 0 Å². The number of rotatable bonds is 1. The lowest BCUT2D eigenvalue weighted by molar-refractivity contribution is 0.0499. The molecule has 3 fully saturated rings. The molecule has 0 heteroatoms. The number of allylic oxidation sites excluding steroid dienone is 2. The van der Waals surface area contributed by atoms with Crippen LogP contribution in [0.25, 0.3) is 0 Å². The van der Waals surface area contributed by atoms with Crippen molar-refractivity contribution in [3.63, 3.8) is 0 Å². The standard InChI is InChI=1S/C26H44/c1-25(26-22-17-18-23(26)24(26)21-22)19-15-13-11-9-7-5-3-2-4-6-8-10-12-14-16-20-25/h22H,2-21H2,1H3. The van der Waals surface area contributed by atoms with E-state index in [-0.39, 0.29) is 0 Å². The molecule has 0 aromatic rings. The second kappa shape index (κ2) is 8.40. The molecule has 0 nitrogen and oxygen atoms in total. The minimum absolute atomic E-state index is 0.641. The lowest BCUT2D eigenvalue weighted by Crippen LogP contribution is -2.42. The molecule has 0 radical (unpaired) electrons. The van der Waals surface area contributed by atoms with Crippen LogP contribution in [0.4, 0.5) is 0 Å². The highest BCUT2D eigenvalue weighted by molar-refractivity contribution is 5.62. The van der Waals surface area contributed by atoms with Crippen LogP contribution >= 0.6 is 0 Å². The topological polar surface area (TPSA) is 0 Å². The van der Waals surface area contributed by atoms with Crippen molar-refractivity contribution in [2.45, 2.75) is 135 Å². The summed E-state index contributed by atoms with van der Waals surface area (Å²) in [6.45, 7) is 2.72. The Morgan fingerprint density at radius 2 is 1.00 bits per heavy atom. The van der Waals surface area contributed by atoms with Crippen molar-refractivity contribution in [2.24, 2.45) is 16.7 Å². The molecule has 0 N–H and O–H groups in total. The second-order valence-corrected chi connectivity index (χ2v) is 10.6. The normalized spacial score (nSPS) is 36.6. The van der Waals surface area contributed by atoms with Gasteiger partial charge in [-0.3, -0.25) is 0 Å². The van der Waals surface area contributed by atoms with Crippen LogP contribution < -0.4 is 0 Å². The van der Waals surface area contributed by atoms with Crippen molar-refractivity contribution in [1.29, 1.82) is 0 Å². The summed E-state index contributed by atoms with van der Waals surface area (Å²) in [5, 5.41) is 0. The van der Waals surface area contributed by atoms with E-state index in [4.69, 9.17) is 0 Å². The van der Waals surface area contributed by atoms with E-state index in [1.54, 1.807) is 0 Å². The molecule has 4 aliphatic carbocycles. The monoisotopic (exact) mass is 356 g/mol. The van der Waals surface area contributed by atoms with Gasteiger partial charge in [-0.1, -0.05) is 114 Å². The van der Waals surface area contributed by atoms with E-state index in [2.05, 4.69) is 6.92 Å². The highest BCUT2D eigenvalue weighted by Gasteiger charge is 2.74. The van der Waals surface area contributed by atoms with E-state index < -0.39 is 0 Å². The predicted octanol–water partition coefficient (Wildman–Crippen LogP) is 8.75. The summed E-state index contributed by atoms with van der Waals surface area (Å²) in [5.41, 5.74) is 5.29. The van der Waals surface area contributed by atoms with Crippen molar-refractivity contribution in [2.75, 3.05) is 0 Å². The van der Waals surface area contributed by atoms with Gasteiger partial charge in [0, 0.05) is 5.41 Å². The minimum Gasteiger partial charge on any atom is -0.0590 e. The summed E-state index contributed by atoms with van der Waals surface area (Å²) in [6, 6.07) is 0.